The number of benzene rings is 1. The molecule has 8 heteroatoms. The summed E-state index contributed by atoms with van der Waals surface area (Å²) in [5, 5.41) is 2.55. The summed E-state index contributed by atoms with van der Waals surface area (Å²) >= 11 is 0. The Balaban J connectivity index is 2.10. The lowest BCUT2D eigenvalue weighted by Crippen LogP contribution is -3.28. The van der Waals surface area contributed by atoms with Crippen molar-refractivity contribution in [3.63, 3.8) is 0 Å². The van der Waals surface area contributed by atoms with Crippen molar-refractivity contribution < 1.29 is 33.7 Å². The molecule has 1 aliphatic rings. The monoisotopic (exact) mass is 421 g/mol. The maximum absolute atomic E-state index is 12.8. The molecule has 0 aliphatic carbocycles. The van der Waals surface area contributed by atoms with E-state index in [0.717, 1.165) is 37.6 Å². The van der Waals surface area contributed by atoms with Gasteiger partial charge in [0.2, 0.25) is 5.91 Å². The minimum absolute atomic E-state index is 0.113. The fourth-order valence-electron chi connectivity index (χ4n) is 3.95. The van der Waals surface area contributed by atoms with Crippen molar-refractivity contribution >= 4 is 17.8 Å². The SMILES string of the molecule is CCOC(=O)C(C[NH+]1CC[NH+](Cc2ccccc2C)CC1)(NC(C)=O)C(=O)OCC. The van der Waals surface area contributed by atoms with Crippen molar-refractivity contribution in [2.24, 2.45) is 0 Å². The first-order valence-corrected chi connectivity index (χ1v) is 10.7. The highest BCUT2D eigenvalue weighted by Crippen LogP contribution is 2.10. The first kappa shape index (κ1) is 23.8. The molecule has 2 rings (SSSR count). The van der Waals surface area contributed by atoms with E-state index in [-0.39, 0.29) is 19.8 Å². The number of aryl methyl sites for hydroxylation is 1. The van der Waals surface area contributed by atoms with E-state index in [2.05, 4.69) is 30.4 Å². The molecule has 0 saturated carbocycles. The number of carbonyl (C=O) groups excluding carboxylic acids is 3. The number of amides is 1. The molecule has 1 fully saturated rings. The zero-order valence-corrected chi connectivity index (χ0v) is 18.5. The zero-order chi connectivity index (χ0) is 22.1. The summed E-state index contributed by atoms with van der Waals surface area (Å²) in [6.07, 6.45) is 0. The third-order valence-electron chi connectivity index (χ3n) is 5.52. The number of hydrogen-bond acceptors (Lipinski definition) is 5. The van der Waals surface area contributed by atoms with E-state index in [1.54, 1.807) is 13.8 Å². The molecule has 30 heavy (non-hydrogen) atoms. The van der Waals surface area contributed by atoms with E-state index in [0.29, 0.717) is 0 Å². The molecule has 8 nitrogen and oxygen atoms in total. The summed E-state index contributed by atoms with van der Waals surface area (Å²) in [6.45, 7) is 11.4. The minimum Gasteiger partial charge on any atom is -0.464 e. The Hall–Kier alpha value is -2.45. The van der Waals surface area contributed by atoms with Crippen LogP contribution in [0.1, 0.15) is 31.9 Å². The summed E-state index contributed by atoms with van der Waals surface area (Å²) in [4.78, 5) is 40.0. The Bertz CT molecular complexity index is 726. The molecular weight excluding hydrogens is 386 g/mol. The Morgan fingerprint density at radius 1 is 0.967 bits per heavy atom. The van der Waals surface area contributed by atoms with Crippen molar-refractivity contribution in [2.45, 2.75) is 39.8 Å². The van der Waals surface area contributed by atoms with Crippen LogP contribution < -0.4 is 15.1 Å². The molecule has 1 saturated heterocycles. The Kier molecular flexibility index (Phi) is 8.80. The van der Waals surface area contributed by atoms with Gasteiger partial charge in [-0.05, 0) is 26.3 Å². The van der Waals surface area contributed by atoms with Crippen molar-refractivity contribution in [1.29, 1.82) is 0 Å². The molecule has 0 unspecified atom stereocenters. The van der Waals surface area contributed by atoms with Crippen LogP contribution in [0.4, 0.5) is 0 Å². The van der Waals surface area contributed by atoms with Gasteiger partial charge in [0.05, 0.1) is 13.2 Å². The standard InChI is InChI=1S/C22H33N3O5/c1-5-29-20(27)22(23-18(4)26,21(28)30-6-2)16-25-13-11-24(12-14-25)15-19-10-8-7-9-17(19)3/h7-10H,5-6,11-16H2,1-4H3,(H,23,26)/p+2. The van der Waals surface area contributed by atoms with Crippen LogP contribution in [-0.4, -0.2) is 69.3 Å². The Morgan fingerprint density at radius 3 is 2.00 bits per heavy atom. The summed E-state index contributed by atoms with van der Waals surface area (Å²) in [6, 6.07) is 8.38. The van der Waals surface area contributed by atoms with Gasteiger partial charge >= 0.3 is 11.9 Å². The molecule has 166 valence electrons. The maximum Gasteiger partial charge on any atom is 0.349 e. The van der Waals surface area contributed by atoms with E-state index in [1.807, 2.05) is 6.07 Å². The minimum atomic E-state index is -1.82. The quantitative estimate of drug-likeness (QED) is 0.326. The van der Waals surface area contributed by atoms with Crippen molar-refractivity contribution in [3.8, 4) is 0 Å². The zero-order valence-electron chi connectivity index (χ0n) is 18.5. The molecule has 1 aromatic carbocycles. The van der Waals surface area contributed by atoms with Crippen LogP contribution in [0.5, 0.6) is 0 Å². The van der Waals surface area contributed by atoms with Gasteiger partial charge in [-0.15, -0.1) is 0 Å². The molecule has 1 amide bonds. The third kappa shape index (κ3) is 6.03. The molecule has 0 bridgehead atoms. The second-order valence-electron chi connectivity index (χ2n) is 7.81. The first-order chi connectivity index (χ1) is 14.3. The highest BCUT2D eigenvalue weighted by atomic mass is 16.6. The molecule has 3 N–H and O–H groups in total. The van der Waals surface area contributed by atoms with Crippen LogP contribution in [0.3, 0.4) is 0 Å². The molecule has 0 atom stereocenters. The number of esters is 2. The number of ether oxygens (including phenoxy) is 2. The predicted molar refractivity (Wildman–Crippen MR) is 111 cm³/mol. The van der Waals surface area contributed by atoms with E-state index in [9.17, 15) is 14.4 Å². The van der Waals surface area contributed by atoms with E-state index < -0.39 is 23.4 Å². The van der Waals surface area contributed by atoms with E-state index in [4.69, 9.17) is 9.47 Å². The van der Waals surface area contributed by atoms with Crippen LogP contribution in [0.2, 0.25) is 0 Å². The van der Waals surface area contributed by atoms with Gasteiger partial charge in [-0.2, -0.15) is 0 Å². The fraction of sp³-hybridized carbons (Fsp3) is 0.591. The molecule has 1 aliphatic heterocycles. The van der Waals surface area contributed by atoms with Gasteiger partial charge in [0, 0.05) is 12.5 Å². The summed E-state index contributed by atoms with van der Waals surface area (Å²) in [5.74, 6) is -2.00. The number of piperazine rings is 1. The summed E-state index contributed by atoms with van der Waals surface area (Å²) < 4.78 is 10.3. The maximum atomic E-state index is 12.8. The third-order valence-corrected chi connectivity index (χ3v) is 5.52. The number of carbonyl (C=O) groups is 3. The average Bonchev–Trinajstić information content (AvgIpc) is 2.70. The predicted octanol–water partition coefficient (Wildman–Crippen LogP) is -1.72. The van der Waals surface area contributed by atoms with Gasteiger partial charge in [-0.1, -0.05) is 24.3 Å². The normalized spacial score (nSPS) is 19.1. The number of hydrogen-bond donors (Lipinski definition) is 3. The van der Waals surface area contributed by atoms with E-state index >= 15 is 0 Å². The Labute approximate surface area is 178 Å². The lowest BCUT2D eigenvalue weighted by molar-refractivity contribution is -1.02. The largest absolute Gasteiger partial charge is 0.464 e. The van der Waals surface area contributed by atoms with E-state index in [1.165, 1.54) is 23.0 Å². The summed E-state index contributed by atoms with van der Waals surface area (Å²) in [5.41, 5.74) is 0.802. The van der Waals surface area contributed by atoms with Gasteiger partial charge in [-0.25, -0.2) is 9.59 Å². The van der Waals surface area contributed by atoms with Crippen molar-refractivity contribution in [2.75, 3.05) is 45.9 Å². The molecule has 1 aromatic rings. The van der Waals surface area contributed by atoms with Crippen LogP contribution in [0, 0.1) is 6.92 Å². The van der Waals surface area contributed by atoms with Crippen LogP contribution in [0.15, 0.2) is 24.3 Å². The first-order valence-electron chi connectivity index (χ1n) is 10.7. The number of nitrogens with one attached hydrogen (secondary N) is 3. The number of rotatable bonds is 9. The molecular formula is C22H35N3O5+2. The second kappa shape index (κ2) is 11.1. The molecule has 0 aromatic heterocycles. The van der Waals surface area contributed by atoms with Crippen LogP contribution in [-0.2, 0) is 30.4 Å². The second-order valence-corrected chi connectivity index (χ2v) is 7.81. The average molecular weight is 422 g/mol. The van der Waals surface area contributed by atoms with Crippen molar-refractivity contribution in [1.82, 2.24) is 5.32 Å². The molecule has 0 radical (unpaired) electrons. The van der Waals surface area contributed by atoms with Gasteiger partial charge in [0.1, 0.15) is 39.3 Å². The Morgan fingerprint density at radius 2 is 1.50 bits per heavy atom. The lowest BCUT2D eigenvalue weighted by Gasteiger charge is -2.35. The van der Waals surface area contributed by atoms with Crippen LogP contribution >= 0.6 is 0 Å². The van der Waals surface area contributed by atoms with Gasteiger partial charge in [0.15, 0.2) is 0 Å². The van der Waals surface area contributed by atoms with Gasteiger partial charge in [-0.3, -0.25) is 4.79 Å². The van der Waals surface area contributed by atoms with Gasteiger partial charge in [0.25, 0.3) is 5.54 Å². The smallest absolute Gasteiger partial charge is 0.349 e. The number of quaternary nitrogens is 2. The summed E-state index contributed by atoms with van der Waals surface area (Å²) in [7, 11) is 0. The highest BCUT2D eigenvalue weighted by molar-refractivity contribution is 6.07. The van der Waals surface area contributed by atoms with Crippen LogP contribution in [0.25, 0.3) is 0 Å². The molecule has 0 spiro atoms. The molecule has 1 heterocycles. The van der Waals surface area contributed by atoms with Gasteiger partial charge < -0.3 is 24.6 Å². The lowest BCUT2D eigenvalue weighted by atomic mass is 9.97. The fourth-order valence-corrected chi connectivity index (χ4v) is 3.95. The topological polar surface area (TPSA) is 90.6 Å². The highest BCUT2D eigenvalue weighted by Gasteiger charge is 2.54. The van der Waals surface area contributed by atoms with Crippen molar-refractivity contribution in [3.05, 3.63) is 35.4 Å².